The van der Waals surface area contributed by atoms with Gasteiger partial charge in [-0.25, -0.2) is 0 Å². The van der Waals surface area contributed by atoms with Crippen LogP contribution in [0.1, 0.15) is 32.6 Å². The third-order valence-electron chi connectivity index (χ3n) is 2.81. The molecular formula is C10H27NO3Si3. The summed E-state index contributed by atoms with van der Waals surface area (Å²) in [7, 11) is -6.57. The van der Waals surface area contributed by atoms with E-state index in [1.165, 1.54) is 25.7 Å². The summed E-state index contributed by atoms with van der Waals surface area (Å²) in [6.07, 6.45) is 4.99. The highest BCUT2D eigenvalue weighted by Gasteiger charge is 2.53. The predicted octanol–water partition coefficient (Wildman–Crippen LogP) is 2.93. The fraction of sp³-hybridized carbons (Fsp3) is 1.00. The molecule has 2 N–H and O–H groups in total. The maximum atomic E-state index is 6.17. The monoisotopic (exact) mass is 293 g/mol. The number of hydrogen-bond acceptors (Lipinski definition) is 4. The van der Waals surface area contributed by atoms with E-state index in [0.29, 0.717) is 0 Å². The predicted molar refractivity (Wildman–Crippen MR) is 77.1 cm³/mol. The maximum Gasteiger partial charge on any atom is 0.401 e. The van der Waals surface area contributed by atoms with Gasteiger partial charge in [0.05, 0.1) is 0 Å². The third-order valence-corrected chi connectivity index (χ3v) is 14.7. The molecule has 1 fully saturated rings. The zero-order chi connectivity index (χ0) is 13.2. The molecule has 1 aliphatic rings. The van der Waals surface area contributed by atoms with Crippen LogP contribution in [0, 0.1) is 0 Å². The summed E-state index contributed by atoms with van der Waals surface area (Å²) >= 11 is 0. The Hall–Kier alpha value is 0.491. The van der Waals surface area contributed by atoms with Crippen molar-refractivity contribution in [3.8, 4) is 0 Å². The number of nitrogens with two attached hydrogens (primary N) is 1. The van der Waals surface area contributed by atoms with E-state index >= 15 is 0 Å². The van der Waals surface area contributed by atoms with Crippen molar-refractivity contribution >= 4 is 25.8 Å². The van der Waals surface area contributed by atoms with Gasteiger partial charge in [-0.05, 0) is 32.2 Å². The first kappa shape index (κ1) is 15.5. The summed E-state index contributed by atoms with van der Waals surface area (Å²) in [6, 6.07) is 1.05. The normalized spacial score (nSPS) is 37.1. The molecule has 2 atom stereocenters. The average Bonchev–Trinajstić information content (AvgIpc) is 2.06. The number of unbranched alkanes of at least 4 members (excludes halogenated alkanes) is 3. The van der Waals surface area contributed by atoms with E-state index in [4.69, 9.17) is 17.7 Å². The topological polar surface area (TPSA) is 53.7 Å². The van der Waals surface area contributed by atoms with Crippen molar-refractivity contribution in [1.29, 1.82) is 0 Å². The highest BCUT2D eigenvalue weighted by Crippen LogP contribution is 2.31. The van der Waals surface area contributed by atoms with Gasteiger partial charge in [-0.3, -0.25) is 0 Å². The van der Waals surface area contributed by atoms with Gasteiger partial charge in [0.15, 0.2) is 0 Å². The van der Waals surface area contributed by atoms with Crippen LogP contribution >= 0.6 is 0 Å². The molecule has 1 heterocycles. The lowest BCUT2D eigenvalue weighted by atomic mass is 10.2. The molecule has 0 spiro atoms. The summed E-state index contributed by atoms with van der Waals surface area (Å²) in [5.74, 6) is 0. The first-order valence-corrected chi connectivity index (χ1v) is 14.3. The van der Waals surface area contributed by atoms with Crippen molar-refractivity contribution in [2.75, 3.05) is 0 Å². The van der Waals surface area contributed by atoms with Gasteiger partial charge >= 0.3 is 25.8 Å². The van der Waals surface area contributed by atoms with E-state index in [0.717, 1.165) is 6.04 Å². The Morgan fingerprint density at radius 3 is 2.06 bits per heavy atom. The van der Waals surface area contributed by atoms with Gasteiger partial charge in [-0.1, -0.05) is 32.6 Å². The Bertz CT molecular complexity index is 245. The molecule has 4 nitrogen and oxygen atoms in total. The van der Waals surface area contributed by atoms with Gasteiger partial charge in [-0.2, -0.15) is 0 Å². The van der Waals surface area contributed by atoms with Crippen LogP contribution in [0.15, 0.2) is 0 Å². The van der Waals surface area contributed by atoms with Gasteiger partial charge in [0.2, 0.25) is 0 Å². The summed E-state index contributed by atoms with van der Waals surface area (Å²) in [6.45, 7) is 10.5. The van der Waals surface area contributed by atoms with E-state index in [9.17, 15) is 0 Å². The molecular weight excluding hydrogens is 266 g/mol. The second-order valence-corrected chi connectivity index (χ2v) is 15.7. The summed E-state index contributed by atoms with van der Waals surface area (Å²) in [5, 5.41) is 6.14. The Morgan fingerprint density at radius 1 is 0.882 bits per heavy atom. The van der Waals surface area contributed by atoms with Crippen molar-refractivity contribution in [3.05, 3.63) is 0 Å². The fourth-order valence-electron chi connectivity index (χ4n) is 2.47. The Balaban J connectivity index is 2.55. The van der Waals surface area contributed by atoms with Gasteiger partial charge in [0, 0.05) is 0 Å². The molecule has 7 heteroatoms. The van der Waals surface area contributed by atoms with Crippen LogP contribution in [0.5, 0.6) is 0 Å². The Labute approximate surface area is 109 Å². The molecule has 0 saturated carbocycles. The summed E-state index contributed by atoms with van der Waals surface area (Å²) in [5.41, 5.74) is 0. The largest absolute Gasteiger partial charge is 0.416 e. The minimum Gasteiger partial charge on any atom is -0.416 e. The molecule has 0 aromatic rings. The average molecular weight is 294 g/mol. The molecule has 1 aliphatic heterocycles. The van der Waals surface area contributed by atoms with Crippen LogP contribution in [-0.2, 0) is 12.3 Å². The molecule has 102 valence electrons. The summed E-state index contributed by atoms with van der Waals surface area (Å²) < 4.78 is 18.0. The van der Waals surface area contributed by atoms with Crippen LogP contribution in [0.4, 0.5) is 0 Å². The van der Waals surface area contributed by atoms with Gasteiger partial charge in [0.1, 0.15) is 0 Å². The zero-order valence-corrected chi connectivity index (χ0v) is 14.8. The van der Waals surface area contributed by atoms with E-state index < -0.39 is 25.8 Å². The van der Waals surface area contributed by atoms with Gasteiger partial charge in [-0.15, -0.1) is 0 Å². The second kappa shape index (κ2) is 5.64. The number of hydrogen-bond donors (Lipinski definition) is 1. The Morgan fingerprint density at radius 2 is 1.53 bits per heavy atom. The minimum absolute atomic E-state index is 1.05. The first-order valence-electron chi connectivity index (χ1n) is 6.57. The molecule has 1 rings (SSSR count). The zero-order valence-electron chi connectivity index (χ0n) is 11.8. The summed E-state index contributed by atoms with van der Waals surface area (Å²) in [4.78, 5) is 0. The van der Waals surface area contributed by atoms with E-state index in [-0.39, 0.29) is 0 Å². The van der Waals surface area contributed by atoms with Gasteiger partial charge < -0.3 is 17.7 Å². The van der Waals surface area contributed by atoms with E-state index in [1.807, 2.05) is 6.55 Å². The SMILES string of the molecule is CCCCCC[Si]1(C)O[Si](C)(C)O[Si](C)(N)O1. The highest BCUT2D eigenvalue weighted by molar-refractivity contribution is 6.92. The lowest BCUT2D eigenvalue weighted by Crippen LogP contribution is -2.70. The standard InChI is InChI=1S/C10H27NO3Si3/c1-6-7-8-9-10-16(4)12-15(2,3)13-17(5,11)14-16/h6-11H2,1-5H3. The quantitative estimate of drug-likeness (QED) is 0.625. The van der Waals surface area contributed by atoms with Crippen LogP contribution in [0.3, 0.4) is 0 Å². The molecule has 0 amide bonds. The molecule has 17 heavy (non-hydrogen) atoms. The van der Waals surface area contributed by atoms with E-state index in [1.54, 1.807) is 0 Å². The molecule has 0 aromatic heterocycles. The molecule has 2 unspecified atom stereocenters. The molecule has 0 aromatic carbocycles. The van der Waals surface area contributed by atoms with Crippen LogP contribution in [0.25, 0.3) is 0 Å². The van der Waals surface area contributed by atoms with Crippen LogP contribution < -0.4 is 5.40 Å². The second-order valence-electron chi connectivity index (χ2n) is 5.67. The molecule has 0 aliphatic carbocycles. The highest BCUT2D eigenvalue weighted by atomic mass is 28.5. The maximum absolute atomic E-state index is 6.17. The van der Waals surface area contributed by atoms with Gasteiger partial charge in [0.25, 0.3) is 0 Å². The van der Waals surface area contributed by atoms with Crippen LogP contribution in [0.2, 0.25) is 32.2 Å². The lowest BCUT2D eigenvalue weighted by molar-refractivity contribution is 0.227. The van der Waals surface area contributed by atoms with Crippen molar-refractivity contribution in [1.82, 2.24) is 0 Å². The smallest absolute Gasteiger partial charge is 0.401 e. The van der Waals surface area contributed by atoms with Crippen molar-refractivity contribution < 1.29 is 12.3 Å². The van der Waals surface area contributed by atoms with Crippen molar-refractivity contribution in [2.24, 2.45) is 5.40 Å². The first-order chi connectivity index (χ1) is 7.68. The minimum atomic E-state index is -2.43. The van der Waals surface area contributed by atoms with E-state index in [2.05, 4.69) is 26.6 Å². The molecule has 1 saturated heterocycles. The number of rotatable bonds is 5. The van der Waals surface area contributed by atoms with Crippen molar-refractivity contribution in [3.63, 3.8) is 0 Å². The van der Waals surface area contributed by atoms with Crippen LogP contribution in [-0.4, -0.2) is 25.8 Å². The lowest BCUT2D eigenvalue weighted by Gasteiger charge is -2.47. The Kier molecular flexibility index (Phi) is 5.16. The van der Waals surface area contributed by atoms with Crippen molar-refractivity contribution in [2.45, 2.75) is 64.8 Å². The fourth-order valence-corrected chi connectivity index (χ4v) is 17.3. The third kappa shape index (κ3) is 5.33. The molecule has 0 bridgehead atoms. The molecule has 0 radical (unpaired) electrons.